The summed E-state index contributed by atoms with van der Waals surface area (Å²) >= 11 is 1.31. The maximum atomic E-state index is 12.0. The van der Waals surface area contributed by atoms with Crippen molar-refractivity contribution < 1.29 is 14.3 Å². The van der Waals surface area contributed by atoms with E-state index in [1.807, 2.05) is 53.9 Å². The molecule has 2 heterocycles. The molecular formula is C19H15N5O3S. The number of amides is 1. The van der Waals surface area contributed by atoms with Crippen LogP contribution in [0.25, 0.3) is 22.3 Å². The molecule has 8 nitrogen and oxygen atoms in total. The quantitative estimate of drug-likeness (QED) is 0.506. The third-order valence-electron chi connectivity index (χ3n) is 3.88. The Hall–Kier alpha value is -3.59. The molecule has 0 unspecified atom stereocenters. The summed E-state index contributed by atoms with van der Waals surface area (Å²) in [7, 11) is 0. The van der Waals surface area contributed by atoms with E-state index in [2.05, 4.69) is 20.6 Å². The highest BCUT2D eigenvalue weighted by atomic mass is 32.1. The van der Waals surface area contributed by atoms with Gasteiger partial charge in [0.15, 0.2) is 11.7 Å². The molecule has 0 fully saturated rings. The minimum Gasteiger partial charge on any atom is -0.454 e. The summed E-state index contributed by atoms with van der Waals surface area (Å²) in [5, 5.41) is 12.8. The molecule has 0 saturated carbocycles. The zero-order valence-electron chi connectivity index (χ0n) is 14.6. The van der Waals surface area contributed by atoms with Crippen molar-refractivity contribution in [3.8, 4) is 11.3 Å². The van der Waals surface area contributed by atoms with Gasteiger partial charge >= 0.3 is 5.97 Å². The lowest BCUT2D eigenvalue weighted by Gasteiger charge is -2.05. The number of thiazole rings is 1. The van der Waals surface area contributed by atoms with Crippen LogP contribution in [0.5, 0.6) is 0 Å². The molecule has 0 aliphatic rings. The molecule has 0 aliphatic carbocycles. The predicted octanol–water partition coefficient (Wildman–Crippen LogP) is 2.74. The lowest BCUT2D eigenvalue weighted by Crippen LogP contribution is -2.23. The van der Waals surface area contributed by atoms with Gasteiger partial charge in [0.2, 0.25) is 0 Å². The van der Waals surface area contributed by atoms with Gasteiger partial charge < -0.3 is 4.74 Å². The summed E-state index contributed by atoms with van der Waals surface area (Å²) in [6.07, 6.45) is 0. The number of nitrogens with one attached hydrogen (secondary N) is 1. The van der Waals surface area contributed by atoms with Gasteiger partial charge in [0.05, 0.1) is 11.2 Å². The fourth-order valence-corrected chi connectivity index (χ4v) is 3.31. The zero-order chi connectivity index (χ0) is 19.3. The second-order valence-electron chi connectivity index (χ2n) is 5.85. The van der Waals surface area contributed by atoms with Crippen molar-refractivity contribution in [1.29, 1.82) is 0 Å². The summed E-state index contributed by atoms with van der Waals surface area (Å²) in [4.78, 5) is 28.4. The van der Waals surface area contributed by atoms with Gasteiger partial charge in [-0.3, -0.25) is 14.9 Å². The monoisotopic (exact) mass is 393 g/mol. The van der Waals surface area contributed by atoms with Gasteiger partial charge in [-0.05, 0) is 12.1 Å². The number of carbonyl (C=O) groups excluding carboxylic acids is 2. The van der Waals surface area contributed by atoms with Crippen LogP contribution in [0, 0.1) is 0 Å². The van der Waals surface area contributed by atoms with Crippen molar-refractivity contribution in [1.82, 2.24) is 20.0 Å². The molecule has 0 saturated heterocycles. The van der Waals surface area contributed by atoms with Crippen LogP contribution in [-0.2, 0) is 20.9 Å². The summed E-state index contributed by atoms with van der Waals surface area (Å²) in [6, 6.07) is 16.9. The van der Waals surface area contributed by atoms with Gasteiger partial charge in [0.25, 0.3) is 5.91 Å². The van der Waals surface area contributed by atoms with Crippen molar-refractivity contribution in [2.45, 2.75) is 6.54 Å². The van der Waals surface area contributed by atoms with Gasteiger partial charge in [-0.15, -0.1) is 16.4 Å². The number of fused-ring (bicyclic) bond motifs is 1. The number of esters is 1. The second kappa shape index (κ2) is 7.97. The molecule has 4 rings (SSSR count). The Balaban J connectivity index is 1.30. The van der Waals surface area contributed by atoms with Crippen molar-refractivity contribution >= 4 is 39.4 Å². The first-order valence-corrected chi connectivity index (χ1v) is 9.31. The highest BCUT2D eigenvalue weighted by Crippen LogP contribution is 2.24. The molecule has 0 spiro atoms. The molecule has 0 aliphatic heterocycles. The Morgan fingerprint density at radius 3 is 2.71 bits per heavy atom. The molecule has 9 heteroatoms. The Morgan fingerprint density at radius 2 is 1.86 bits per heavy atom. The van der Waals surface area contributed by atoms with Crippen LogP contribution in [-0.4, -0.2) is 38.5 Å². The normalized spacial score (nSPS) is 10.7. The number of benzene rings is 2. The maximum absolute atomic E-state index is 12.0. The first-order chi connectivity index (χ1) is 13.7. The van der Waals surface area contributed by atoms with Gasteiger partial charge in [-0.2, -0.15) is 0 Å². The van der Waals surface area contributed by atoms with E-state index in [4.69, 9.17) is 4.74 Å². The third-order valence-corrected chi connectivity index (χ3v) is 4.64. The standard InChI is InChI=1S/C19H15N5O3S/c25-17(21-19-20-15(12-28-19)13-6-2-1-3-7-13)11-27-18(26)10-24-16-9-5-4-8-14(16)22-23-24/h1-9,12H,10-11H2,(H,20,21,25). The Labute approximate surface area is 163 Å². The minimum absolute atomic E-state index is 0.122. The van der Waals surface area contributed by atoms with Crippen LogP contribution < -0.4 is 5.32 Å². The topological polar surface area (TPSA) is 99.0 Å². The van der Waals surface area contributed by atoms with E-state index in [9.17, 15) is 9.59 Å². The van der Waals surface area contributed by atoms with Gasteiger partial charge in [0.1, 0.15) is 12.1 Å². The number of rotatable bonds is 6. The van der Waals surface area contributed by atoms with Gasteiger partial charge in [-0.1, -0.05) is 47.7 Å². The van der Waals surface area contributed by atoms with E-state index in [-0.39, 0.29) is 6.54 Å². The Morgan fingerprint density at radius 1 is 1.07 bits per heavy atom. The summed E-state index contributed by atoms with van der Waals surface area (Å²) < 4.78 is 6.46. The first-order valence-electron chi connectivity index (χ1n) is 8.44. The van der Waals surface area contributed by atoms with Crippen molar-refractivity contribution in [3.05, 3.63) is 60.0 Å². The summed E-state index contributed by atoms with van der Waals surface area (Å²) in [5.41, 5.74) is 3.15. The maximum Gasteiger partial charge on any atom is 0.328 e. The Bertz CT molecular complexity index is 1120. The van der Waals surface area contributed by atoms with E-state index >= 15 is 0 Å². The van der Waals surface area contributed by atoms with E-state index in [0.29, 0.717) is 10.6 Å². The number of anilines is 1. The molecule has 28 heavy (non-hydrogen) atoms. The van der Waals surface area contributed by atoms with E-state index in [1.54, 1.807) is 6.07 Å². The van der Waals surface area contributed by atoms with Crippen LogP contribution in [0.4, 0.5) is 5.13 Å². The zero-order valence-corrected chi connectivity index (χ0v) is 15.4. The summed E-state index contributed by atoms with van der Waals surface area (Å²) in [6.45, 7) is -0.519. The van der Waals surface area contributed by atoms with E-state index < -0.39 is 18.5 Å². The van der Waals surface area contributed by atoms with Crippen LogP contribution in [0.1, 0.15) is 0 Å². The van der Waals surface area contributed by atoms with Crippen molar-refractivity contribution in [2.75, 3.05) is 11.9 Å². The van der Waals surface area contributed by atoms with Gasteiger partial charge in [0, 0.05) is 10.9 Å². The third kappa shape index (κ3) is 4.04. The number of ether oxygens (including phenoxy) is 1. The average molecular weight is 393 g/mol. The number of nitrogens with zero attached hydrogens (tertiary/aromatic N) is 4. The number of para-hydroxylation sites is 1. The predicted molar refractivity (Wildman–Crippen MR) is 105 cm³/mol. The van der Waals surface area contributed by atoms with Gasteiger partial charge in [-0.25, -0.2) is 9.67 Å². The number of carbonyl (C=O) groups is 2. The van der Waals surface area contributed by atoms with Crippen LogP contribution in [0.2, 0.25) is 0 Å². The smallest absolute Gasteiger partial charge is 0.328 e. The molecule has 0 atom stereocenters. The lowest BCUT2D eigenvalue weighted by atomic mass is 10.2. The second-order valence-corrected chi connectivity index (χ2v) is 6.71. The fourth-order valence-electron chi connectivity index (χ4n) is 2.58. The first kappa shape index (κ1) is 17.8. The lowest BCUT2D eigenvalue weighted by molar-refractivity contribution is -0.148. The molecule has 2 aromatic carbocycles. The molecule has 1 amide bonds. The molecule has 0 bridgehead atoms. The highest BCUT2D eigenvalue weighted by molar-refractivity contribution is 7.14. The molecule has 2 aromatic heterocycles. The van der Waals surface area contributed by atoms with Crippen LogP contribution in [0.15, 0.2) is 60.0 Å². The van der Waals surface area contributed by atoms with Crippen LogP contribution in [0.3, 0.4) is 0 Å². The van der Waals surface area contributed by atoms with Crippen LogP contribution >= 0.6 is 11.3 Å². The minimum atomic E-state index is -0.574. The van der Waals surface area contributed by atoms with E-state index in [1.165, 1.54) is 16.0 Å². The van der Waals surface area contributed by atoms with Crippen molar-refractivity contribution in [2.24, 2.45) is 0 Å². The fraction of sp³-hybridized carbons (Fsp3) is 0.105. The highest BCUT2D eigenvalue weighted by Gasteiger charge is 2.13. The molecule has 4 aromatic rings. The van der Waals surface area contributed by atoms with Crippen molar-refractivity contribution in [3.63, 3.8) is 0 Å². The molecular weight excluding hydrogens is 378 g/mol. The average Bonchev–Trinajstić information content (AvgIpc) is 3.35. The molecule has 140 valence electrons. The molecule has 0 radical (unpaired) electrons. The molecule has 1 N–H and O–H groups in total. The van der Waals surface area contributed by atoms with E-state index in [0.717, 1.165) is 16.8 Å². The summed E-state index contributed by atoms with van der Waals surface area (Å²) in [5.74, 6) is -1.03. The SMILES string of the molecule is O=C(COC(=O)Cn1nnc2ccccc21)Nc1nc(-c2ccccc2)cs1. The largest absolute Gasteiger partial charge is 0.454 e. The number of hydrogen-bond donors (Lipinski definition) is 1. The number of hydrogen-bond acceptors (Lipinski definition) is 7. The Kier molecular flexibility index (Phi) is 5.07. The number of aromatic nitrogens is 4.